The smallest absolute Gasteiger partial charge is 0.153 e. The van der Waals surface area contributed by atoms with Crippen LogP contribution in [0.2, 0.25) is 0 Å². The molecular weight excluding hydrogens is 485 g/mol. The number of benzene rings is 2. The predicted molar refractivity (Wildman–Crippen MR) is 143 cm³/mol. The third-order valence-electron chi connectivity index (χ3n) is 5.10. The number of isothiocyanates is 1. The van der Waals surface area contributed by atoms with Crippen LogP contribution in [0.4, 0.5) is 14.5 Å². The molecule has 0 bridgehead atoms. The number of unbranched alkanes of at least 4 members (excludes halogenated alkanes) is 2. The van der Waals surface area contributed by atoms with Crippen LogP contribution in [0.3, 0.4) is 0 Å². The van der Waals surface area contributed by atoms with Gasteiger partial charge in [-0.15, -0.1) is 22.7 Å². The number of thiophene rings is 2. The lowest BCUT2D eigenvalue weighted by molar-refractivity contribution is 0.588. The normalized spacial score (nSPS) is 10.2. The molecule has 0 aliphatic carbocycles. The molecule has 0 spiro atoms. The van der Waals surface area contributed by atoms with Crippen molar-refractivity contribution in [3.05, 3.63) is 75.7 Å². The van der Waals surface area contributed by atoms with Gasteiger partial charge in [-0.05, 0) is 79.2 Å². The maximum atomic E-state index is 14.2. The Kier molecular flexibility index (Phi) is 7.68. The highest BCUT2D eigenvalue weighted by Crippen LogP contribution is 2.39. The minimum atomic E-state index is -0.760. The molecule has 0 aliphatic rings. The Bertz CT molecular complexity index is 1490. The first-order valence-electron chi connectivity index (χ1n) is 10.7. The monoisotopic (exact) mass is 503 g/mol. The second-order valence-electron chi connectivity index (χ2n) is 7.63. The number of thiocarbonyl (C=S) groups is 1. The maximum Gasteiger partial charge on any atom is 0.153 e. The number of hydrogen-bond acceptors (Lipinski definition) is 4. The lowest BCUT2D eigenvalue weighted by atomic mass is 10.1. The highest BCUT2D eigenvalue weighted by atomic mass is 32.1. The second-order valence-corrected chi connectivity index (χ2v) is 9.98. The third kappa shape index (κ3) is 5.50. The number of aryl methyl sites for hydroxylation is 1. The lowest BCUT2D eigenvalue weighted by Crippen LogP contribution is -1.85. The Morgan fingerprint density at radius 2 is 1.71 bits per heavy atom. The van der Waals surface area contributed by atoms with Crippen molar-refractivity contribution in [2.24, 2.45) is 4.99 Å². The van der Waals surface area contributed by atoms with Gasteiger partial charge in [-0.3, -0.25) is 0 Å². The van der Waals surface area contributed by atoms with E-state index in [9.17, 15) is 8.78 Å². The SMILES string of the molecule is CCCCC#Cc1ccc(C#Cc2cc3sc(-c4cc(F)c(N=C=S)c(F)c4)cc3s2)cc1C. The van der Waals surface area contributed by atoms with Crippen LogP contribution in [0, 0.1) is 42.2 Å². The molecule has 2 aromatic heterocycles. The van der Waals surface area contributed by atoms with E-state index in [1.165, 1.54) is 23.5 Å². The van der Waals surface area contributed by atoms with Crippen molar-refractivity contribution in [1.29, 1.82) is 0 Å². The summed E-state index contributed by atoms with van der Waals surface area (Å²) in [5.41, 5.74) is 3.16. The number of fused-ring (bicyclic) bond motifs is 1. The minimum absolute atomic E-state index is 0.415. The number of nitrogens with zero attached hydrogens (tertiary/aromatic N) is 1. The summed E-state index contributed by atoms with van der Waals surface area (Å²) < 4.78 is 30.5. The average molecular weight is 504 g/mol. The maximum absolute atomic E-state index is 14.2. The van der Waals surface area contributed by atoms with Crippen LogP contribution in [0.5, 0.6) is 0 Å². The molecule has 6 heteroatoms. The fourth-order valence-electron chi connectivity index (χ4n) is 3.34. The van der Waals surface area contributed by atoms with E-state index in [0.29, 0.717) is 5.56 Å². The highest BCUT2D eigenvalue weighted by molar-refractivity contribution is 7.78. The van der Waals surface area contributed by atoms with E-state index in [2.05, 4.69) is 60.8 Å². The Hall–Kier alpha value is -3.12. The van der Waals surface area contributed by atoms with E-state index >= 15 is 0 Å². The van der Waals surface area contributed by atoms with Gasteiger partial charge in [-0.1, -0.05) is 37.0 Å². The van der Waals surface area contributed by atoms with E-state index in [-0.39, 0.29) is 0 Å². The van der Waals surface area contributed by atoms with Crippen LogP contribution < -0.4 is 0 Å². The number of hydrogen-bond donors (Lipinski definition) is 0. The van der Waals surface area contributed by atoms with Gasteiger partial charge < -0.3 is 0 Å². The molecule has 34 heavy (non-hydrogen) atoms. The van der Waals surface area contributed by atoms with Gasteiger partial charge in [-0.2, -0.15) is 4.99 Å². The molecule has 0 aliphatic heterocycles. The van der Waals surface area contributed by atoms with Crippen LogP contribution in [0.15, 0.2) is 47.5 Å². The summed E-state index contributed by atoms with van der Waals surface area (Å²) in [4.78, 5) is 5.18. The molecule has 0 radical (unpaired) electrons. The van der Waals surface area contributed by atoms with Gasteiger partial charge in [0.05, 0.1) is 10.0 Å². The molecule has 0 N–H and O–H groups in total. The van der Waals surface area contributed by atoms with Gasteiger partial charge in [0.2, 0.25) is 0 Å². The Morgan fingerprint density at radius 3 is 2.38 bits per heavy atom. The number of aliphatic imine (C=N–C) groups is 1. The minimum Gasteiger partial charge on any atom is -0.204 e. The molecule has 1 nitrogen and oxygen atoms in total. The van der Waals surface area contributed by atoms with Crippen molar-refractivity contribution in [2.75, 3.05) is 0 Å². The predicted octanol–water partition coefficient (Wildman–Crippen LogP) is 8.89. The zero-order chi connectivity index (χ0) is 24.1. The molecule has 0 amide bonds. The number of rotatable bonds is 4. The van der Waals surface area contributed by atoms with Crippen LogP contribution in [-0.2, 0) is 0 Å². The summed E-state index contributed by atoms with van der Waals surface area (Å²) in [5.74, 6) is 11.4. The quantitative estimate of drug-likeness (QED) is 0.117. The fraction of sp³-hybridized carbons (Fsp3) is 0.179. The summed E-state index contributed by atoms with van der Waals surface area (Å²) in [7, 11) is 0. The molecule has 0 atom stereocenters. The highest BCUT2D eigenvalue weighted by Gasteiger charge is 2.14. The summed E-state index contributed by atoms with van der Waals surface area (Å²) in [6, 6.07) is 12.6. The van der Waals surface area contributed by atoms with Gasteiger partial charge >= 0.3 is 0 Å². The summed E-state index contributed by atoms with van der Waals surface area (Å²) in [6.07, 6.45) is 3.20. The first-order valence-corrected chi connectivity index (χ1v) is 12.7. The van der Waals surface area contributed by atoms with E-state index in [1.54, 1.807) is 11.3 Å². The molecule has 0 fully saturated rings. The van der Waals surface area contributed by atoms with Crippen molar-refractivity contribution < 1.29 is 8.78 Å². The summed E-state index contributed by atoms with van der Waals surface area (Å²) >= 11 is 7.48. The average Bonchev–Trinajstić information content (AvgIpc) is 3.38. The van der Waals surface area contributed by atoms with Crippen LogP contribution in [-0.4, -0.2) is 5.16 Å². The van der Waals surface area contributed by atoms with Crippen molar-refractivity contribution in [1.82, 2.24) is 0 Å². The molecule has 4 rings (SSSR count). The van der Waals surface area contributed by atoms with Gasteiger partial charge in [-0.25, -0.2) is 8.78 Å². The second kappa shape index (κ2) is 10.9. The first-order chi connectivity index (χ1) is 16.5. The molecular formula is C28H19F2NS3. The Balaban J connectivity index is 1.54. The number of halogens is 2. The molecule has 4 aromatic rings. The molecule has 168 valence electrons. The molecule has 2 aromatic carbocycles. The van der Waals surface area contributed by atoms with Gasteiger partial charge in [0.15, 0.2) is 11.6 Å². The Labute approximate surface area is 211 Å². The van der Waals surface area contributed by atoms with E-state index in [4.69, 9.17) is 0 Å². The van der Waals surface area contributed by atoms with Crippen molar-refractivity contribution in [3.8, 4) is 34.1 Å². The van der Waals surface area contributed by atoms with E-state index < -0.39 is 17.3 Å². The third-order valence-corrected chi connectivity index (χ3v) is 7.45. The standard InChI is InChI=1S/C28H19F2NS3/c1-3-4-5-6-7-20-10-8-19(12-18(20)2)9-11-22-15-26-27(33-22)16-25(34-26)21-13-23(29)28(31-17-32)24(30)14-21/h8,10,12-16H,3-5H2,1-2H3. The largest absolute Gasteiger partial charge is 0.204 e. The summed E-state index contributed by atoms with van der Waals surface area (Å²) in [6.45, 7) is 4.22. The topological polar surface area (TPSA) is 12.4 Å². The van der Waals surface area contributed by atoms with Gasteiger partial charge in [0.1, 0.15) is 5.69 Å². The zero-order valence-corrected chi connectivity index (χ0v) is 21.0. The molecule has 0 unspecified atom stereocenters. The van der Waals surface area contributed by atoms with Crippen LogP contribution in [0.25, 0.3) is 19.8 Å². The molecule has 0 saturated carbocycles. The van der Waals surface area contributed by atoms with Crippen molar-refractivity contribution in [3.63, 3.8) is 0 Å². The van der Waals surface area contributed by atoms with E-state index in [1.807, 2.05) is 29.4 Å². The van der Waals surface area contributed by atoms with Crippen molar-refractivity contribution in [2.45, 2.75) is 33.1 Å². The Morgan fingerprint density at radius 1 is 0.941 bits per heavy atom. The van der Waals surface area contributed by atoms with Crippen LogP contribution >= 0.6 is 34.9 Å². The molecule has 0 saturated heterocycles. The lowest BCUT2D eigenvalue weighted by Gasteiger charge is -2.02. The van der Waals surface area contributed by atoms with Gasteiger partial charge in [0, 0.05) is 31.8 Å². The van der Waals surface area contributed by atoms with Crippen LogP contribution in [0.1, 0.15) is 47.8 Å². The summed E-state index contributed by atoms with van der Waals surface area (Å²) in [5, 5.41) is 2.00. The van der Waals surface area contributed by atoms with E-state index in [0.717, 1.165) is 55.1 Å². The molecule has 2 heterocycles. The first kappa shape index (κ1) is 24.0. The zero-order valence-electron chi connectivity index (χ0n) is 18.6. The fourth-order valence-corrected chi connectivity index (χ4v) is 5.67. The van der Waals surface area contributed by atoms with Crippen molar-refractivity contribution >= 4 is 55.1 Å². The van der Waals surface area contributed by atoms with Gasteiger partial charge in [0.25, 0.3) is 0 Å².